The van der Waals surface area contributed by atoms with E-state index in [0.29, 0.717) is 19.3 Å². The number of nitrogens with zero attached hydrogens (tertiary/aromatic N) is 1. The van der Waals surface area contributed by atoms with Crippen LogP contribution < -0.4 is 5.73 Å². The third-order valence-corrected chi connectivity index (χ3v) is 3.54. The first-order chi connectivity index (χ1) is 6.70. The fraction of sp³-hybridized carbons (Fsp3) is 1.00. The molecule has 2 saturated heterocycles. The molecule has 2 aliphatic heterocycles. The van der Waals surface area contributed by atoms with Crippen molar-refractivity contribution in [2.75, 3.05) is 19.8 Å². The van der Waals surface area contributed by atoms with Crippen LogP contribution in [0.1, 0.15) is 19.8 Å². The van der Waals surface area contributed by atoms with Crippen LogP contribution in [0.25, 0.3) is 0 Å². The minimum atomic E-state index is -0.331. The summed E-state index contributed by atoms with van der Waals surface area (Å²) in [4.78, 5) is 2.31. The number of hydrogen-bond donors (Lipinski definition) is 2. The molecule has 0 spiro atoms. The van der Waals surface area contributed by atoms with Gasteiger partial charge in [-0.3, -0.25) is 4.90 Å². The lowest BCUT2D eigenvalue weighted by molar-refractivity contribution is 0.0325. The molecule has 2 aliphatic rings. The summed E-state index contributed by atoms with van der Waals surface area (Å²) in [5.41, 5.74) is 6.02. The Hall–Kier alpha value is -0.160. The van der Waals surface area contributed by atoms with Crippen molar-refractivity contribution in [3.63, 3.8) is 0 Å². The number of likely N-dealkylation sites (tertiary alicyclic amines) is 1. The first-order valence-corrected chi connectivity index (χ1v) is 5.47. The third-order valence-electron chi connectivity index (χ3n) is 3.54. The van der Waals surface area contributed by atoms with E-state index in [9.17, 15) is 5.11 Å². The van der Waals surface area contributed by atoms with E-state index < -0.39 is 0 Å². The highest BCUT2D eigenvalue weighted by atomic mass is 16.5. The van der Waals surface area contributed by atoms with Gasteiger partial charge >= 0.3 is 0 Å². The summed E-state index contributed by atoms with van der Waals surface area (Å²) in [5.74, 6) is 0. The molecule has 0 radical (unpaired) electrons. The summed E-state index contributed by atoms with van der Waals surface area (Å²) in [7, 11) is 0. The molecule has 3 N–H and O–H groups in total. The Bertz CT molecular complexity index is 201. The largest absolute Gasteiger partial charge is 0.389 e. The number of aliphatic hydroxyl groups is 1. The molecule has 0 aromatic heterocycles. The molecule has 0 bridgehead atoms. The molecule has 82 valence electrons. The molecule has 14 heavy (non-hydrogen) atoms. The Kier molecular flexibility index (Phi) is 3.07. The first kappa shape index (κ1) is 10.4. The zero-order valence-electron chi connectivity index (χ0n) is 8.72. The van der Waals surface area contributed by atoms with Gasteiger partial charge in [0.25, 0.3) is 0 Å². The smallest absolute Gasteiger partial charge is 0.0950 e. The highest BCUT2D eigenvalue weighted by molar-refractivity contribution is 4.92. The first-order valence-electron chi connectivity index (χ1n) is 5.47. The van der Waals surface area contributed by atoms with Gasteiger partial charge < -0.3 is 15.6 Å². The maximum atomic E-state index is 9.74. The number of aliphatic hydroxyl groups excluding tert-OH is 1. The Balaban J connectivity index is 2.01. The maximum absolute atomic E-state index is 9.74. The van der Waals surface area contributed by atoms with Crippen molar-refractivity contribution in [3.05, 3.63) is 0 Å². The topological polar surface area (TPSA) is 58.7 Å². The molecule has 0 aromatic carbocycles. The van der Waals surface area contributed by atoms with Crippen molar-refractivity contribution >= 4 is 0 Å². The van der Waals surface area contributed by atoms with E-state index in [4.69, 9.17) is 10.5 Å². The van der Waals surface area contributed by atoms with E-state index in [-0.39, 0.29) is 18.2 Å². The van der Waals surface area contributed by atoms with Crippen LogP contribution >= 0.6 is 0 Å². The SMILES string of the molecule is C[C@@H]1[C@H](N)CCCN1C1COCC1O. The molecule has 2 unspecified atom stereocenters. The monoisotopic (exact) mass is 200 g/mol. The lowest BCUT2D eigenvalue weighted by Crippen LogP contribution is -2.57. The molecule has 0 aliphatic carbocycles. The van der Waals surface area contributed by atoms with Gasteiger partial charge in [-0.2, -0.15) is 0 Å². The second-order valence-corrected chi connectivity index (χ2v) is 4.46. The maximum Gasteiger partial charge on any atom is 0.0950 e. The summed E-state index contributed by atoms with van der Waals surface area (Å²) < 4.78 is 5.27. The fourth-order valence-corrected chi connectivity index (χ4v) is 2.52. The van der Waals surface area contributed by atoms with E-state index in [1.165, 1.54) is 0 Å². The Labute approximate surface area is 85.0 Å². The molecule has 0 saturated carbocycles. The highest BCUT2D eigenvalue weighted by Gasteiger charge is 2.37. The minimum absolute atomic E-state index is 0.163. The van der Waals surface area contributed by atoms with Crippen molar-refractivity contribution in [2.24, 2.45) is 5.73 Å². The average Bonchev–Trinajstić information content (AvgIpc) is 2.57. The summed E-state index contributed by atoms with van der Waals surface area (Å²) in [6.07, 6.45) is 1.90. The van der Waals surface area contributed by atoms with Crippen LogP contribution in [0.2, 0.25) is 0 Å². The summed E-state index contributed by atoms with van der Waals surface area (Å²) in [6, 6.07) is 0.776. The summed E-state index contributed by atoms with van der Waals surface area (Å²) in [5, 5.41) is 9.74. The van der Waals surface area contributed by atoms with E-state index >= 15 is 0 Å². The van der Waals surface area contributed by atoms with Crippen LogP contribution in [0, 0.1) is 0 Å². The molecule has 2 heterocycles. The van der Waals surface area contributed by atoms with Crippen molar-refractivity contribution < 1.29 is 9.84 Å². The number of ether oxygens (including phenoxy) is 1. The van der Waals surface area contributed by atoms with Crippen LogP contribution in [0.3, 0.4) is 0 Å². The van der Waals surface area contributed by atoms with Crippen LogP contribution in [0.4, 0.5) is 0 Å². The number of hydrogen-bond acceptors (Lipinski definition) is 4. The fourth-order valence-electron chi connectivity index (χ4n) is 2.52. The predicted molar refractivity (Wildman–Crippen MR) is 54.0 cm³/mol. The van der Waals surface area contributed by atoms with Crippen molar-refractivity contribution in [1.82, 2.24) is 4.90 Å². The second-order valence-electron chi connectivity index (χ2n) is 4.46. The quantitative estimate of drug-likeness (QED) is 0.602. The van der Waals surface area contributed by atoms with Gasteiger partial charge in [0, 0.05) is 12.1 Å². The van der Waals surface area contributed by atoms with Gasteiger partial charge in [-0.05, 0) is 26.3 Å². The predicted octanol–water partition coefficient (Wildman–Crippen LogP) is -0.442. The van der Waals surface area contributed by atoms with Crippen molar-refractivity contribution in [1.29, 1.82) is 0 Å². The molecular weight excluding hydrogens is 180 g/mol. The Morgan fingerprint density at radius 1 is 1.43 bits per heavy atom. The van der Waals surface area contributed by atoms with E-state index in [0.717, 1.165) is 19.4 Å². The zero-order chi connectivity index (χ0) is 10.1. The van der Waals surface area contributed by atoms with E-state index in [2.05, 4.69) is 11.8 Å². The average molecular weight is 200 g/mol. The lowest BCUT2D eigenvalue weighted by Gasteiger charge is -2.41. The number of rotatable bonds is 1. The molecule has 4 atom stereocenters. The van der Waals surface area contributed by atoms with Gasteiger partial charge in [0.2, 0.25) is 0 Å². The Morgan fingerprint density at radius 3 is 2.86 bits per heavy atom. The highest BCUT2D eigenvalue weighted by Crippen LogP contribution is 2.23. The molecule has 4 heteroatoms. The molecule has 4 nitrogen and oxygen atoms in total. The van der Waals surface area contributed by atoms with Gasteiger partial charge in [0.05, 0.1) is 25.4 Å². The molecular formula is C10H20N2O2. The standard InChI is InChI=1S/C10H20N2O2/c1-7-8(11)3-2-4-12(7)9-5-14-6-10(9)13/h7-10,13H,2-6,11H2,1H3/t7-,8-,9?,10?/m1/s1. The second kappa shape index (κ2) is 4.14. The molecule has 2 fully saturated rings. The van der Waals surface area contributed by atoms with Gasteiger partial charge in [-0.1, -0.05) is 0 Å². The summed E-state index contributed by atoms with van der Waals surface area (Å²) >= 11 is 0. The summed E-state index contributed by atoms with van der Waals surface area (Å²) in [6.45, 7) is 4.32. The minimum Gasteiger partial charge on any atom is -0.389 e. The zero-order valence-corrected chi connectivity index (χ0v) is 8.72. The van der Waals surface area contributed by atoms with Gasteiger partial charge in [0.1, 0.15) is 0 Å². The third kappa shape index (κ3) is 1.80. The van der Waals surface area contributed by atoms with E-state index in [1.807, 2.05) is 0 Å². The molecule has 2 rings (SSSR count). The van der Waals surface area contributed by atoms with Crippen molar-refractivity contribution in [2.45, 2.75) is 44.0 Å². The normalized spacial score (nSPS) is 45.6. The van der Waals surface area contributed by atoms with E-state index in [1.54, 1.807) is 0 Å². The van der Waals surface area contributed by atoms with Crippen molar-refractivity contribution in [3.8, 4) is 0 Å². The van der Waals surface area contributed by atoms with Gasteiger partial charge in [-0.15, -0.1) is 0 Å². The molecule has 0 amide bonds. The van der Waals surface area contributed by atoms with Gasteiger partial charge in [0.15, 0.2) is 0 Å². The van der Waals surface area contributed by atoms with Crippen LogP contribution in [-0.4, -0.2) is 54.0 Å². The van der Waals surface area contributed by atoms with Crippen LogP contribution in [0.15, 0.2) is 0 Å². The lowest BCUT2D eigenvalue weighted by atomic mass is 9.95. The Morgan fingerprint density at radius 2 is 2.21 bits per heavy atom. The number of piperidine rings is 1. The van der Waals surface area contributed by atoms with Crippen LogP contribution in [0.5, 0.6) is 0 Å². The van der Waals surface area contributed by atoms with Gasteiger partial charge in [-0.25, -0.2) is 0 Å². The molecule has 0 aromatic rings. The van der Waals surface area contributed by atoms with Crippen LogP contribution in [-0.2, 0) is 4.74 Å². The number of nitrogens with two attached hydrogens (primary N) is 1.